The minimum atomic E-state index is -1.35. The van der Waals surface area contributed by atoms with Crippen LogP contribution in [0.25, 0.3) is 0 Å². The van der Waals surface area contributed by atoms with E-state index in [1.807, 2.05) is 0 Å². The molecule has 0 aromatic carbocycles. The van der Waals surface area contributed by atoms with Gasteiger partial charge >= 0.3 is 156 Å². The summed E-state index contributed by atoms with van der Waals surface area (Å²) in [5.74, 6) is -3.33. The van der Waals surface area contributed by atoms with Gasteiger partial charge in [-0.05, 0) is 13.8 Å². The van der Waals surface area contributed by atoms with Crippen molar-refractivity contribution in [2.24, 2.45) is 0 Å². The van der Waals surface area contributed by atoms with E-state index in [2.05, 4.69) is 36.5 Å². The number of rotatable bonds is 26. The predicted molar refractivity (Wildman–Crippen MR) is 149 cm³/mol. The third-order valence-electron chi connectivity index (χ3n) is 5.41. The van der Waals surface area contributed by atoms with Gasteiger partial charge in [-0.1, -0.05) is 13.2 Å². The number of carboxylic acids is 2. The van der Waals surface area contributed by atoms with Gasteiger partial charge in [0.2, 0.25) is 0 Å². The number of aliphatic carboxylic acids is 2. The molecule has 0 atom stereocenters. The van der Waals surface area contributed by atoms with Crippen LogP contribution in [0, 0.1) is 0 Å². The average molecular weight is 593 g/mol. The van der Waals surface area contributed by atoms with Gasteiger partial charge in [-0.3, -0.25) is 0 Å². The van der Waals surface area contributed by atoms with Crippen LogP contribution in [-0.2, 0) is 45.6 Å². The summed E-state index contributed by atoms with van der Waals surface area (Å²) in [5.41, 5.74) is 0. The zero-order valence-corrected chi connectivity index (χ0v) is 26.9. The van der Waals surface area contributed by atoms with Gasteiger partial charge in [-0.25, -0.2) is 0 Å². The molecule has 228 valence electrons. The van der Waals surface area contributed by atoms with Gasteiger partial charge in [0.1, 0.15) is 23.5 Å². The Balaban J connectivity index is -0.000000658. The molecule has 0 rings (SSSR count). The van der Waals surface area contributed by atoms with E-state index in [0.29, 0.717) is 13.2 Å². The van der Waals surface area contributed by atoms with Gasteiger partial charge in [0.25, 0.3) is 0 Å². The summed E-state index contributed by atoms with van der Waals surface area (Å²) in [4.78, 5) is 19.5. The van der Waals surface area contributed by atoms with Crippen molar-refractivity contribution in [2.75, 3.05) is 26.4 Å². The van der Waals surface area contributed by atoms with Crippen LogP contribution in [0.3, 0.4) is 0 Å². The van der Waals surface area contributed by atoms with Crippen LogP contribution in [-0.4, -0.2) is 38.4 Å². The molecule has 0 saturated heterocycles. The average Bonchev–Trinajstić information content (AvgIpc) is 2.91. The fraction of sp³-hybridized carbons (Fsp3) is 0.800. The molecule has 9 heteroatoms. The van der Waals surface area contributed by atoms with E-state index >= 15 is 0 Å². The van der Waals surface area contributed by atoms with Crippen molar-refractivity contribution in [1.82, 2.24) is 0 Å². The Hall–Kier alpha value is -1.35. The van der Waals surface area contributed by atoms with Gasteiger partial charge < -0.3 is 29.3 Å². The topological polar surface area (TPSA) is 117 Å². The van der Waals surface area contributed by atoms with E-state index in [9.17, 15) is 19.8 Å². The standard InChI is InChI=1S/2C10H21O.2C5H8O3.Ti/c2*1-2-3-4-5-6-7-8-9-10-11;2*1-3-8-4(2)5(6)7;/h2*2-10H2,1H3;2*2-3H2,1H3,(H,6,7);/q2*-1;;;+4/p-2. The first kappa shape index (κ1) is 42.1. The molecule has 0 aliphatic rings. The molecule has 8 nitrogen and oxygen atoms in total. The third-order valence-corrected chi connectivity index (χ3v) is 6.42. The summed E-state index contributed by atoms with van der Waals surface area (Å²) in [6.45, 7) is 16.5. The first-order valence-corrected chi connectivity index (χ1v) is 16.1. The minimum absolute atomic E-state index is 0.312. The van der Waals surface area contributed by atoms with Crippen LogP contribution in [0.2, 0.25) is 0 Å². The molecule has 0 fully saturated rings. The van der Waals surface area contributed by atoms with Crippen molar-refractivity contribution < 1.29 is 55.8 Å². The number of hydrogen-bond acceptors (Lipinski definition) is 8. The molecule has 39 heavy (non-hydrogen) atoms. The Morgan fingerprint density at radius 1 is 0.538 bits per heavy atom. The molecule has 0 amide bonds. The van der Waals surface area contributed by atoms with Crippen molar-refractivity contribution in [3.05, 3.63) is 24.7 Å². The zero-order valence-electron chi connectivity index (χ0n) is 25.3. The summed E-state index contributed by atoms with van der Waals surface area (Å²) < 4.78 is 20.2. The second kappa shape index (κ2) is 36.7. The fourth-order valence-electron chi connectivity index (χ4n) is 3.21. The van der Waals surface area contributed by atoms with Crippen molar-refractivity contribution in [3.63, 3.8) is 0 Å². The summed E-state index contributed by atoms with van der Waals surface area (Å²) in [5, 5.41) is 19.5. The monoisotopic (exact) mass is 592 g/mol. The number of carboxylic acid groups (broad SMARTS) is 2. The predicted octanol–water partition coefficient (Wildman–Crippen LogP) is 5.79. The molecule has 0 N–H and O–H groups in total. The summed E-state index contributed by atoms with van der Waals surface area (Å²) in [6.07, 6.45) is 21.9. The Bertz CT molecular complexity index is 521. The SMILES string of the molecule is C=C(OCC)C(=O)[O-].C=C(OCC)C(=O)[O-].CCCCCCCCCC[O][Ti+2][O]CCCCCCCCCC. The molecular formula is C30H56O8Ti. The molecule has 0 radical (unpaired) electrons. The normalized spacial score (nSPS) is 9.74. The molecule has 0 unspecified atom stereocenters. The van der Waals surface area contributed by atoms with Crippen molar-refractivity contribution in [2.45, 2.75) is 130 Å². The van der Waals surface area contributed by atoms with Crippen LogP contribution in [0.15, 0.2) is 24.7 Å². The van der Waals surface area contributed by atoms with Gasteiger partial charge in [0.15, 0.2) is 0 Å². The Morgan fingerprint density at radius 2 is 0.821 bits per heavy atom. The third kappa shape index (κ3) is 41.3. The van der Waals surface area contributed by atoms with E-state index in [1.54, 1.807) is 13.8 Å². The van der Waals surface area contributed by atoms with Crippen molar-refractivity contribution in [1.29, 1.82) is 0 Å². The van der Waals surface area contributed by atoms with E-state index < -0.39 is 31.9 Å². The Kier molecular flexibility index (Phi) is 39.6. The maximum absolute atomic E-state index is 9.75. The number of carbonyl (C=O) groups excluding carboxylic acids is 2. The summed E-state index contributed by atoms with van der Waals surface area (Å²) >= 11 is -0.572. The van der Waals surface area contributed by atoms with E-state index in [-0.39, 0.29) is 11.5 Å². The molecule has 0 aromatic heterocycles. The Labute approximate surface area is 248 Å². The van der Waals surface area contributed by atoms with Crippen LogP contribution in [0.4, 0.5) is 0 Å². The number of unbranched alkanes of at least 4 members (excludes halogenated alkanes) is 14. The van der Waals surface area contributed by atoms with Crippen LogP contribution >= 0.6 is 0 Å². The van der Waals surface area contributed by atoms with Gasteiger partial charge in [0.05, 0.1) is 13.2 Å². The van der Waals surface area contributed by atoms with Crippen molar-refractivity contribution >= 4 is 11.9 Å². The quantitative estimate of drug-likeness (QED) is 0.0537. The number of hydrogen-bond donors (Lipinski definition) is 0. The van der Waals surface area contributed by atoms with Crippen molar-refractivity contribution in [3.8, 4) is 0 Å². The van der Waals surface area contributed by atoms with Crippen LogP contribution in [0.1, 0.15) is 130 Å². The van der Waals surface area contributed by atoms with Crippen LogP contribution < -0.4 is 10.2 Å². The molecule has 0 aromatic rings. The molecule has 0 aliphatic carbocycles. The van der Waals surface area contributed by atoms with E-state index in [4.69, 9.17) is 6.64 Å². The maximum atomic E-state index is 9.75. The summed E-state index contributed by atoms with van der Waals surface area (Å²) in [7, 11) is 0. The van der Waals surface area contributed by atoms with E-state index in [1.165, 1.54) is 103 Å². The first-order chi connectivity index (χ1) is 18.8. The Morgan fingerprint density at radius 3 is 1.05 bits per heavy atom. The first-order valence-electron chi connectivity index (χ1n) is 14.8. The van der Waals surface area contributed by atoms with E-state index in [0.717, 1.165) is 13.2 Å². The molecular weight excluding hydrogens is 536 g/mol. The summed E-state index contributed by atoms with van der Waals surface area (Å²) in [6, 6.07) is 0. The van der Waals surface area contributed by atoms with Gasteiger partial charge in [-0.2, -0.15) is 0 Å². The molecule has 0 spiro atoms. The second-order valence-corrected chi connectivity index (χ2v) is 10.2. The van der Waals surface area contributed by atoms with Gasteiger partial charge in [0, 0.05) is 0 Å². The number of carbonyl (C=O) groups is 2. The zero-order chi connectivity index (χ0) is 30.0. The second-order valence-electron chi connectivity index (χ2n) is 9.02. The molecule has 0 saturated carbocycles. The number of ether oxygens (including phenoxy) is 2. The molecule has 0 heterocycles. The molecule has 0 bridgehead atoms. The molecule has 0 aliphatic heterocycles. The fourth-order valence-corrected chi connectivity index (χ4v) is 4.05. The van der Waals surface area contributed by atoms with Gasteiger partial charge in [-0.15, -0.1) is 0 Å². The van der Waals surface area contributed by atoms with Crippen LogP contribution in [0.5, 0.6) is 0 Å².